The van der Waals surface area contributed by atoms with Gasteiger partial charge in [-0.15, -0.1) is 0 Å². The molecule has 70 valence electrons. The predicted molar refractivity (Wildman–Crippen MR) is 40.7 cm³/mol. The number of carbonyl (C=O) groups is 2. The second-order valence-corrected chi connectivity index (χ2v) is 2.05. The van der Waals surface area contributed by atoms with E-state index in [9.17, 15) is 9.59 Å². The number of nitrogens with one attached hydrogen (secondary N) is 2. The molecule has 0 saturated heterocycles. The maximum atomic E-state index is 10.7. The number of aliphatic hydroxyl groups excluding tert-OH is 1. The van der Waals surface area contributed by atoms with Crippen molar-refractivity contribution in [2.75, 3.05) is 19.7 Å². The smallest absolute Gasteiger partial charge is 0.314 e. The monoisotopic (exact) mass is 176 g/mol. The molecule has 0 radical (unpaired) electrons. The van der Waals surface area contributed by atoms with Gasteiger partial charge in [0, 0.05) is 13.1 Å². The molecule has 0 aromatic carbocycles. The molecule has 0 heterocycles. The third-order valence-corrected chi connectivity index (χ3v) is 1.02. The van der Waals surface area contributed by atoms with Gasteiger partial charge in [0.05, 0.1) is 13.0 Å². The lowest BCUT2D eigenvalue weighted by Gasteiger charge is -2.03. The van der Waals surface area contributed by atoms with E-state index in [0.29, 0.717) is 0 Å². The lowest BCUT2D eigenvalue weighted by Crippen LogP contribution is -2.37. The van der Waals surface area contributed by atoms with Crippen LogP contribution < -0.4 is 10.6 Å². The summed E-state index contributed by atoms with van der Waals surface area (Å²) in [5, 5.41) is 21.1. The molecule has 0 fully saturated rings. The first-order valence-electron chi connectivity index (χ1n) is 3.51. The number of aliphatic carboxylic acids is 1. The fourth-order valence-electron chi connectivity index (χ4n) is 0.515. The Morgan fingerprint density at radius 2 is 1.75 bits per heavy atom. The second-order valence-electron chi connectivity index (χ2n) is 2.05. The van der Waals surface area contributed by atoms with Crippen molar-refractivity contribution in [3.05, 3.63) is 0 Å². The molecular formula is C6H12N2O4. The van der Waals surface area contributed by atoms with Crippen LogP contribution in [-0.2, 0) is 4.79 Å². The summed E-state index contributed by atoms with van der Waals surface area (Å²) in [7, 11) is 0. The van der Waals surface area contributed by atoms with Gasteiger partial charge in [0.25, 0.3) is 0 Å². The highest BCUT2D eigenvalue weighted by Crippen LogP contribution is 1.74. The lowest BCUT2D eigenvalue weighted by molar-refractivity contribution is -0.136. The Morgan fingerprint density at radius 1 is 1.17 bits per heavy atom. The Labute approximate surface area is 69.6 Å². The average molecular weight is 176 g/mol. The third-order valence-electron chi connectivity index (χ3n) is 1.02. The molecule has 0 aromatic rings. The summed E-state index contributed by atoms with van der Waals surface area (Å²) >= 11 is 0. The van der Waals surface area contributed by atoms with Crippen molar-refractivity contribution in [1.82, 2.24) is 10.6 Å². The predicted octanol–water partition coefficient (Wildman–Crippen LogP) is -1.25. The highest BCUT2D eigenvalue weighted by Gasteiger charge is 1.99. The summed E-state index contributed by atoms with van der Waals surface area (Å²) in [6.45, 7) is 0.123. The summed E-state index contributed by atoms with van der Waals surface area (Å²) in [5.74, 6) is -0.961. The zero-order valence-corrected chi connectivity index (χ0v) is 6.54. The Balaban J connectivity index is 3.25. The Kier molecular flexibility index (Phi) is 5.72. The summed E-state index contributed by atoms with van der Waals surface area (Å²) in [4.78, 5) is 20.6. The number of carbonyl (C=O) groups excluding carboxylic acids is 1. The molecule has 0 bridgehead atoms. The van der Waals surface area contributed by atoms with Crippen molar-refractivity contribution >= 4 is 12.0 Å². The average Bonchev–Trinajstić information content (AvgIpc) is 2.00. The van der Waals surface area contributed by atoms with Gasteiger partial charge in [-0.1, -0.05) is 0 Å². The van der Waals surface area contributed by atoms with Crippen LogP contribution in [0.3, 0.4) is 0 Å². The van der Waals surface area contributed by atoms with Crippen molar-refractivity contribution in [3.63, 3.8) is 0 Å². The molecule has 6 nitrogen and oxygen atoms in total. The summed E-state index contributed by atoms with van der Waals surface area (Å²) in [5.41, 5.74) is 0. The molecule has 0 saturated carbocycles. The zero-order valence-electron chi connectivity index (χ0n) is 6.54. The standard InChI is InChI=1S/C6H12N2O4/c9-4-3-8-6(12)7-2-1-5(10)11/h9H,1-4H2,(H,10,11)(H2,7,8,12). The fraction of sp³-hybridized carbons (Fsp3) is 0.667. The highest BCUT2D eigenvalue weighted by molar-refractivity contribution is 5.74. The molecule has 0 spiro atoms. The van der Waals surface area contributed by atoms with E-state index in [1.165, 1.54) is 0 Å². The summed E-state index contributed by atoms with van der Waals surface area (Å²) in [6, 6.07) is -0.467. The van der Waals surface area contributed by atoms with Gasteiger partial charge in [-0.05, 0) is 0 Å². The maximum Gasteiger partial charge on any atom is 0.314 e. The molecule has 0 unspecified atom stereocenters. The van der Waals surface area contributed by atoms with Gasteiger partial charge in [0.2, 0.25) is 0 Å². The topological polar surface area (TPSA) is 98.7 Å². The number of hydrogen-bond acceptors (Lipinski definition) is 3. The first kappa shape index (κ1) is 10.7. The first-order chi connectivity index (χ1) is 5.66. The molecule has 2 amide bonds. The van der Waals surface area contributed by atoms with Crippen molar-refractivity contribution in [3.8, 4) is 0 Å². The van der Waals surface area contributed by atoms with Crippen molar-refractivity contribution in [1.29, 1.82) is 0 Å². The number of amides is 2. The van der Waals surface area contributed by atoms with E-state index in [1.54, 1.807) is 0 Å². The number of aliphatic hydroxyl groups is 1. The van der Waals surface area contributed by atoms with Gasteiger partial charge in [0.15, 0.2) is 0 Å². The first-order valence-corrected chi connectivity index (χ1v) is 3.51. The molecule has 0 aromatic heterocycles. The third kappa shape index (κ3) is 6.81. The van der Waals surface area contributed by atoms with Gasteiger partial charge in [-0.3, -0.25) is 4.79 Å². The highest BCUT2D eigenvalue weighted by atomic mass is 16.4. The summed E-state index contributed by atoms with van der Waals surface area (Å²) in [6.07, 6.45) is -0.105. The van der Waals surface area contributed by atoms with Crippen molar-refractivity contribution < 1.29 is 19.8 Å². The van der Waals surface area contributed by atoms with E-state index in [4.69, 9.17) is 10.2 Å². The van der Waals surface area contributed by atoms with Gasteiger partial charge in [-0.2, -0.15) is 0 Å². The van der Waals surface area contributed by atoms with Gasteiger partial charge >= 0.3 is 12.0 Å². The number of hydrogen-bond donors (Lipinski definition) is 4. The second kappa shape index (κ2) is 6.41. The van der Waals surface area contributed by atoms with Crippen LogP contribution in [0.15, 0.2) is 0 Å². The maximum absolute atomic E-state index is 10.7. The molecule has 0 aliphatic rings. The van der Waals surface area contributed by atoms with E-state index >= 15 is 0 Å². The summed E-state index contributed by atoms with van der Waals surface area (Å²) < 4.78 is 0. The van der Waals surface area contributed by atoms with Crippen molar-refractivity contribution in [2.45, 2.75) is 6.42 Å². The normalized spacial score (nSPS) is 9.08. The number of urea groups is 1. The van der Waals surface area contributed by atoms with Crippen LogP contribution in [0.2, 0.25) is 0 Å². The van der Waals surface area contributed by atoms with Crippen LogP contribution in [0.4, 0.5) is 4.79 Å². The molecule has 4 N–H and O–H groups in total. The Bertz CT molecular complexity index is 160. The van der Waals surface area contributed by atoms with Gasteiger partial charge in [-0.25, -0.2) is 4.79 Å². The van der Waals surface area contributed by atoms with Crippen molar-refractivity contribution in [2.24, 2.45) is 0 Å². The zero-order chi connectivity index (χ0) is 9.40. The van der Waals surface area contributed by atoms with Crippen LogP contribution >= 0.6 is 0 Å². The minimum absolute atomic E-state index is 0.0899. The van der Waals surface area contributed by atoms with Crippen LogP contribution in [0.1, 0.15) is 6.42 Å². The number of carboxylic acid groups (broad SMARTS) is 1. The molecule has 0 aliphatic carbocycles. The van der Waals surface area contributed by atoms with Gasteiger partial charge < -0.3 is 20.8 Å². The SMILES string of the molecule is O=C(O)CCNC(=O)NCCO. The number of rotatable bonds is 5. The molecule has 0 aliphatic heterocycles. The van der Waals surface area contributed by atoms with Gasteiger partial charge in [0.1, 0.15) is 0 Å². The molecular weight excluding hydrogens is 164 g/mol. The molecule has 6 heteroatoms. The Morgan fingerprint density at radius 3 is 2.25 bits per heavy atom. The molecule has 0 rings (SSSR count). The number of carboxylic acids is 1. The minimum Gasteiger partial charge on any atom is -0.481 e. The van der Waals surface area contributed by atoms with E-state index in [-0.39, 0.29) is 26.1 Å². The largest absolute Gasteiger partial charge is 0.481 e. The van der Waals surface area contributed by atoms with Crippen LogP contribution in [0, 0.1) is 0 Å². The van der Waals surface area contributed by atoms with E-state index in [1.807, 2.05) is 0 Å². The van der Waals surface area contributed by atoms with E-state index in [2.05, 4.69) is 10.6 Å². The lowest BCUT2D eigenvalue weighted by atomic mass is 10.4. The minimum atomic E-state index is -0.961. The Hall–Kier alpha value is -1.30. The fourth-order valence-corrected chi connectivity index (χ4v) is 0.515. The van der Waals surface area contributed by atoms with Crippen LogP contribution in [0.25, 0.3) is 0 Å². The van der Waals surface area contributed by atoms with Crippen LogP contribution in [0.5, 0.6) is 0 Å². The quantitative estimate of drug-likeness (QED) is 0.420. The van der Waals surface area contributed by atoms with E-state index in [0.717, 1.165) is 0 Å². The molecule has 12 heavy (non-hydrogen) atoms. The molecule has 0 atom stereocenters. The van der Waals surface area contributed by atoms with Crippen LogP contribution in [-0.4, -0.2) is 41.9 Å². The van der Waals surface area contributed by atoms with E-state index < -0.39 is 12.0 Å².